The fourth-order valence-electron chi connectivity index (χ4n) is 2.29. The van der Waals surface area contributed by atoms with Crippen molar-refractivity contribution in [3.63, 3.8) is 0 Å². The molecule has 2 nitrogen and oxygen atoms in total. The molecule has 1 aliphatic heterocycles. The van der Waals surface area contributed by atoms with Crippen LogP contribution in [0.5, 0.6) is 0 Å². The van der Waals surface area contributed by atoms with Gasteiger partial charge >= 0.3 is 0 Å². The van der Waals surface area contributed by atoms with Crippen LogP contribution in [-0.4, -0.2) is 18.8 Å². The third kappa shape index (κ3) is 1.09. The minimum absolute atomic E-state index is 0.148. The van der Waals surface area contributed by atoms with E-state index in [4.69, 9.17) is 10.5 Å². The Morgan fingerprint density at radius 1 is 1.45 bits per heavy atom. The third-order valence-electron chi connectivity index (χ3n) is 3.36. The minimum Gasteiger partial charge on any atom is -0.375 e. The van der Waals surface area contributed by atoms with Crippen molar-refractivity contribution in [3.8, 4) is 0 Å². The summed E-state index contributed by atoms with van der Waals surface area (Å²) >= 11 is 0. The zero-order chi connectivity index (χ0) is 7.90. The second kappa shape index (κ2) is 2.46. The molecule has 1 saturated heterocycles. The molecule has 2 heteroatoms. The molecule has 2 rings (SSSR count). The summed E-state index contributed by atoms with van der Waals surface area (Å²) in [7, 11) is 0. The van der Waals surface area contributed by atoms with E-state index in [0.717, 1.165) is 19.1 Å². The number of hydrogen-bond acceptors (Lipinski definition) is 2. The van der Waals surface area contributed by atoms with Gasteiger partial charge in [0.05, 0.1) is 5.60 Å². The van der Waals surface area contributed by atoms with E-state index >= 15 is 0 Å². The van der Waals surface area contributed by atoms with Crippen molar-refractivity contribution in [1.29, 1.82) is 0 Å². The van der Waals surface area contributed by atoms with Crippen LogP contribution in [0, 0.1) is 11.8 Å². The van der Waals surface area contributed by atoms with Gasteiger partial charge in [-0.25, -0.2) is 0 Å². The molecular weight excluding hydrogens is 138 g/mol. The highest BCUT2D eigenvalue weighted by molar-refractivity contribution is 5.00. The van der Waals surface area contributed by atoms with Crippen molar-refractivity contribution in [1.82, 2.24) is 0 Å². The van der Waals surface area contributed by atoms with Crippen molar-refractivity contribution in [3.05, 3.63) is 0 Å². The number of hydrogen-bond donors (Lipinski definition) is 1. The van der Waals surface area contributed by atoms with Crippen LogP contribution in [0.15, 0.2) is 0 Å². The first kappa shape index (κ1) is 7.56. The van der Waals surface area contributed by atoms with Crippen molar-refractivity contribution in [2.24, 2.45) is 17.6 Å². The Hall–Kier alpha value is -0.0800. The molecule has 2 aliphatic rings. The second-order valence-corrected chi connectivity index (χ2v) is 4.03. The molecule has 1 saturated carbocycles. The summed E-state index contributed by atoms with van der Waals surface area (Å²) in [5, 5.41) is 0. The van der Waals surface area contributed by atoms with Crippen LogP contribution in [0.2, 0.25) is 0 Å². The normalized spacial score (nSPS) is 44.7. The molecule has 0 aromatic rings. The molecule has 0 radical (unpaired) electrons. The van der Waals surface area contributed by atoms with Gasteiger partial charge in [0.25, 0.3) is 0 Å². The molecule has 0 aromatic carbocycles. The summed E-state index contributed by atoms with van der Waals surface area (Å²) in [5.41, 5.74) is 5.84. The first-order valence-corrected chi connectivity index (χ1v) is 4.61. The molecule has 2 atom stereocenters. The summed E-state index contributed by atoms with van der Waals surface area (Å²) in [6.07, 6.45) is 3.88. The van der Waals surface area contributed by atoms with E-state index in [2.05, 4.69) is 6.92 Å². The van der Waals surface area contributed by atoms with Crippen LogP contribution < -0.4 is 5.73 Å². The molecule has 0 aromatic heterocycles. The fourth-order valence-corrected chi connectivity index (χ4v) is 2.29. The maximum Gasteiger partial charge on any atom is 0.0723 e. The topological polar surface area (TPSA) is 35.2 Å². The Bertz CT molecular complexity index is 156. The van der Waals surface area contributed by atoms with Gasteiger partial charge < -0.3 is 10.5 Å². The maximum atomic E-state index is 5.79. The lowest BCUT2D eigenvalue weighted by Gasteiger charge is -2.29. The second-order valence-electron chi connectivity index (χ2n) is 4.03. The molecule has 1 aliphatic carbocycles. The predicted molar refractivity (Wildman–Crippen MR) is 44.2 cm³/mol. The van der Waals surface area contributed by atoms with E-state index in [9.17, 15) is 0 Å². The van der Waals surface area contributed by atoms with E-state index in [1.54, 1.807) is 0 Å². The Labute approximate surface area is 68.1 Å². The lowest BCUT2D eigenvalue weighted by atomic mass is 9.85. The van der Waals surface area contributed by atoms with Gasteiger partial charge in [-0.3, -0.25) is 0 Å². The molecule has 2 unspecified atom stereocenters. The summed E-state index contributed by atoms with van der Waals surface area (Å²) in [6.45, 7) is 3.97. The molecule has 0 amide bonds. The van der Waals surface area contributed by atoms with E-state index in [1.807, 2.05) is 0 Å². The molecule has 0 spiro atoms. The van der Waals surface area contributed by atoms with Crippen molar-refractivity contribution in [2.75, 3.05) is 13.2 Å². The van der Waals surface area contributed by atoms with Gasteiger partial charge in [0, 0.05) is 12.5 Å². The van der Waals surface area contributed by atoms with Gasteiger partial charge in [-0.2, -0.15) is 0 Å². The van der Waals surface area contributed by atoms with Crippen molar-refractivity contribution >= 4 is 0 Å². The SMILES string of the molecule is CC1(C2CC2)OCCC1CN. The molecule has 1 heterocycles. The summed E-state index contributed by atoms with van der Waals surface area (Å²) < 4.78 is 5.79. The average Bonchev–Trinajstić information content (AvgIpc) is 2.77. The highest BCUT2D eigenvalue weighted by Crippen LogP contribution is 2.49. The first-order chi connectivity index (χ1) is 5.27. The molecule has 2 N–H and O–H groups in total. The van der Waals surface area contributed by atoms with Crippen LogP contribution in [-0.2, 0) is 4.74 Å². The summed E-state index contributed by atoms with van der Waals surface area (Å²) in [5.74, 6) is 1.44. The number of rotatable bonds is 2. The Balaban J connectivity index is 2.08. The van der Waals surface area contributed by atoms with Crippen LogP contribution in [0.3, 0.4) is 0 Å². The highest BCUT2D eigenvalue weighted by atomic mass is 16.5. The van der Waals surface area contributed by atoms with Gasteiger partial charge in [-0.15, -0.1) is 0 Å². The minimum atomic E-state index is 0.148. The zero-order valence-corrected chi connectivity index (χ0v) is 7.18. The van der Waals surface area contributed by atoms with Crippen LogP contribution in [0.1, 0.15) is 26.2 Å². The Kier molecular flexibility index (Phi) is 1.69. The Morgan fingerprint density at radius 3 is 2.73 bits per heavy atom. The third-order valence-corrected chi connectivity index (χ3v) is 3.36. The lowest BCUT2D eigenvalue weighted by Crippen LogP contribution is -2.38. The van der Waals surface area contributed by atoms with Gasteiger partial charge in [0.15, 0.2) is 0 Å². The molecule has 2 fully saturated rings. The van der Waals surface area contributed by atoms with E-state index < -0.39 is 0 Å². The van der Waals surface area contributed by atoms with Gasteiger partial charge in [0.2, 0.25) is 0 Å². The van der Waals surface area contributed by atoms with Crippen LogP contribution in [0.4, 0.5) is 0 Å². The standard InChI is InChI=1S/C9H17NO/c1-9(7-2-3-7)8(6-10)4-5-11-9/h7-8H,2-6,10H2,1H3. The van der Waals surface area contributed by atoms with Gasteiger partial charge in [0.1, 0.15) is 0 Å². The highest BCUT2D eigenvalue weighted by Gasteiger charge is 2.50. The van der Waals surface area contributed by atoms with Crippen molar-refractivity contribution in [2.45, 2.75) is 31.8 Å². The van der Waals surface area contributed by atoms with Crippen molar-refractivity contribution < 1.29 is 4.74 Å². The quantitative estimate of drug-likeness (QED) is 0.649. The van der Waals surface area contributed by atoms with Gasteiger partial charge in [-0.1, -0.05) is 0 Å². The van der Waals surface area contributed by atoms with Crippen LogP contribution >= 0.6 is 0 Å². The van der Waals surface area contributed by atoms with E-state index in [0.29, 0.717) is 5.92 Å². The lowest BCUT2D eigenvalue weighted by molar-refractivity contribution is -0.0223. The summed E-state index contributed by atoms with van der Waals surface area (Å²) in [4.78, 5) is 0. The molecular formula is C9H17NO. The van der Waals surface area contributed by atoms with Crippen LogP contribution in [0.25, 0.3) is 0 Å². The Morgan fingerprint density at radius 2 is 2.18 bits per heavy atom. The van der Waals surface area contributed by atoms with Gasteiger partial charge in [-0.05, 0) is 38.6 Å². The maximum absolute atomic E-state index is 5.79. The van der Waals surface area contributed by atoms with E-state index in [1.165, 1.54) is 19.3 Å². The zero-order valence-electron chi connectivity index (χ0n) is 7.18. The predicted octanol–water partition coefficient (Wildman–Crippen LogP) is 1.15. The molecule has 11 heavy (non-hydrogen) atoms. The monoisotopic (exact) mass is 155 g/mol. The summed E-state index contributed by atoms with van der Waals surface area (Å²) in [6, 6.07) is 0. The smallest absolute Gasteiger partial charge is 0.0723 e. The molecule has 0 bridgehead atoms. The molecule has 64 valence electrons. The number of nitrogens with two attached hydrogens (primary N) is 1. The number of ether oxygens (including phenoxy) is 1. The fraction of sp³-hybridized carbons (Fsp3) is 1.00. The average molecular weight is 155 g/mol. The largest absolute Gasteiger partial charge is 0.375 e. The van der Waals surface area contributed by atoms with E-state index in [-0.39, 0.29) is 5.60 Å². The first-order valence-electron chi connectivity index (χ1n) is 4.61.